The molecule has 1 aliphatic carbocycles. The molecule has 6 nitrogen and oxygen atoms in total. The van der Waals surface area contributed by atoms with Crippen LogP contribution in [0.4, 0.5) is 0 Å². The summed E-state index contributed by atoms with van der Waals surface area (Å²) in [7, 11) is -2.82. The van der Waals surface area contributed by atoms with Crippen LogP contribution in [0.25, 0.3) is 0 Å². The third-order valence-electron chi connectivity index (χ3n) is 4.46. The predicted molar refractivity (Wildman–Crippen MR) is 92.5 cm³/mol. The summed E-state index contributed by atoms with van der Waals surface area (Å²) in [6.07, 6.45) is 3.08. The van der Waals surface area contributed by atoms with Crippen LogP contribution in [0.3, 0.4) is 0 Å². The molecule has 0 aromatic rings. The van der Waals surface area contributed by atoms with Crippen LogP contribution in [0.5, 0.6) is 0 Å². The zero-order valence-corrected chi connectivity index (χ0v) is 15.1. The summed E-state index contributed by atoms with van der Waals surface area (Å²) in [6.45, 7) is 3.05. The van der Waals surface area contributed by atoms with Gasteiger partial charge in [0.05, 0.1) is 11.5 Å². The summed E-state index contributed by atoms with van der Waals surface area (Å²) in [5.74, 6) is 0.983. The molecule has 0 unspecified atom stereocenters. The fourth-order valence-electron chi connectivity index (χ4n) is 3.11. The number of hydrogen-bond acceptors (Lipinski definition) is 5. The second-order valence-corrected chi connectivity index (χ2v) is 8.12. The molecule has 2 fully saturated rings. The van der Waals surface area contributed by atoms with Gasteiger partial charge in [0.25, 0.3) is 0 Å². The smallest absolute Gasteiger partial charge is 0.223 e. The van der Waals surface area contributed by atoms with Crippen molar-refractivity contribution in [3.05, 3.63) is 0 Å². The van der Waals surface area contributed by atoms with Gasteiger partial charge in [0, 0.05) is 32.1 Å². The highest BCUT2D eigenvalue weighted by molar-refractivity contribution is 7.91. The Balaban J connectivity index is 0.00000220. The maximum absolute atomic E-state index is 12.1. The Hall–Kier alpha value is -0.0800. The van der Waals surface area contributed by atoms with E-state index in [-0.39, 0.29) is 48.1 Å². The monoisotopic (exact) mass is 375 g/mol. The minimum Gasteiger partial charge on any atom is -0.355 e. The van der Waals surface area contributed by atoms with Crippen molar-refractivity contribution in [2.24, 2.45) is 17.6 Å². The van der Waals surface area contributed by atoms with E-state index in [4.69, 9.17) is 5.73 Å². The number of nitrogens with two attached hydrogens (primary N) is 1. The fourth-order valence-corrected chi connectivity index (χ4v) is 4.38. The molecule has 3 N–H and O–H groups in total. The molecule has 1 saturated heterocycles. The number of hydrogen-bond donors (Lipinski definition) is 2. The lowest BCUT2D eigenvalue weighted by atomic mass is 9.95. The molecule has 2 atom stereocenters. The van der Waals surface area contributed by atoms with Gasteiger partial charge < -0.3 is 11.1 Å². The van der Waals surface area contributed by atoms with E-state index < -0.39 is 9.84 Å². The van der Waals surface area contributed by atoms with Gasteiger partial charge in [-0.2, -0.15) is 0 Å². The van der Waals surface area contributed by atoms with E-state index in [1.54, 1.807) is 0 Å². The van der Waals surface area contributed by atoms with Gasteiger partial charge >= 0.3 is 0 Å². The molecule has 0 spiro atoms. The van der Waals surface area contributed by atoms with Gasteiger partial charge in [0.15, 0.2) is 9.84 Å². The first-order valence-electron chi connectivity index (χ1n) is 7.42. The maximum Gasteiger partial charge on any atom is 0.223 e. The van der Waals surface area contributed by atoms with Gasteiger partial charge in [-0.05, 0) is 25.3 Å². The second-order valence-electron chi connectivity index (χ2n) is 5.82. The highest BCUT2D eigenvalue weighted by Gasteiger charge is 2.31. The molecule has 2 rings (SSSR count). The quantitative estimate of drug-likeness (QED) is 0.708. The Bertz CT molecular complexity index is 434. The first kappa shape index (κ1) is 21.9. The molecular formula is C13H27Cl2N3O3S. The SMILES string of the molecule is Cl.Cl.NC[C@H]1CCC[C@H]1C(=O)NCCN1CCS(=O)(=O)CC1. The van der Waals surface area contributed by atoms with Gasteiger partial charge in [-0.25, -0.2) is 8.42 Å². The molecule has 132 valence electrons. The molecule has 9 heteroatoms. The molecule has 0 bridgehead atoms. The Morgan fingerprint density at radius 1 is 1.18 bits per heavy atom. The van der Waals surface area contributed by atoms with E-state index in [0.717, 1.165) is 25.8 Å². The number of nitrogens with one attached hydrogen (secondary N) is 1. The molecular weight excluding hydrogens is 349 g/mol. The topological polar surface area (TPSA) is 92.5 Å². The van der Waals surface area contributed by atoms with Crippen LogP contribution in [0.2, 0.25) is 0 Å². The number of sulfone groups is 1. The summed E-state index contributed by atoms with van der Waals surface area (Å²) >= 11 is 0. The maximum atomic E-state index is 12.1. The average Bonchev–Trinajstić information content (AvgIpc) is 2.89. The molecule has 0 radical (unpaired) electrons. The lowest BCUT2D eigenvalue weighted by Gasteiger charge is -2.26. The summed E-state index contributed by atoms with van der Waals surface area (Å²) in [5, 5.41) is 2.97. The van der Waals surface area contributed by atoms with Crippen LogP contribution in [-0.2, 0) is 14.6 Å². The molecule has 1 saturated carbocycles. The molecule has 2 aliphatic rings. The third-order valence-corrected chi connectivity index (χ3v) is 6.07. The lowest BCUT2D eigenvalue weighted by Crippen LogP contribution is -2.45. The van der Waals surface area contributed by atoms with Crippen molar-refractivity contribution in [3.8, 4) is 0 Å². The first-order valence-corrected chi connectivity index (χ1v) is 9.24. The van der Waals surface area contributed by atoms with E-state index in [2.05, 4.69) is 10.2 Å². The van der Waals surface area contributed by atoms with Crippen LogP contribution >= 0.6 is 24.8 Å². The standard InChI is InChI=1S/C13H25N3O3S.2ClH/c14-10-11-2-1-3-12(11)13(17)15-4-5-16-6-8-20(18,19)9-7-16;;/h11-12H,1-10,14H2,(H,15,17);2*1H/t11-,12-;;/m1../s1. The molecule has 0 aromatic heterocycles. The summed E-state index contributed by atoms with van der Waals surface area (Å²) in [4.78, 5) is 14.2. The van der Waals surface area contributed by atoms with Crippen LogP contribution in [0, 0.1) is 11.8 Å². The van der Waals surface area contributed by atoms with Crippen LogP contribution < -0.4 is 11.1 Å². The van der Waals surface area contributed by atoms with Gasteiger partial charge in [0.1, 0.15) is 0 Å². The first-order chi connectivity index (χ1) is 9.52. The van der Waals surface area contributed by atoms with Gasteiger partial charge in [-0.1, -0.05) is 6.42 Å². The predicted octanol–water partition coefficient (Wildman–Crippen LogP) is 0.0516. The van der Waals surface area contributed by atoms with Crippen molar-refractivity contribution >= 4 is 40.6 Å². The van der Waals surface area contributed by atoms with Gasteiger partial charge in [-0.15, -0.1) is 24.8 Å². The van der Waals surface area contributed by atoms with Crippen LogP contribution in [0.1, 0.15) is 19.3 Å². The number of rotatable bonds is 5. The van der Waals surface area contributed by atoms with Crippen molar-refractivity contribution in [2.75, 3.05) is 44.2 Å². The minimum absolute atomic E-state index is 0. The van der Waals surface area contributed by atoms with E-state index in [9.17, 15) is 13.2 Å². The van der Waals surface area contributed by atoms with E-state index >= 15 is 0 Å². The summed E-state index contributed by atoms with van der Waals surface area (Å²) in [5.41, 5.74) is 5.69. The Morgan fingerprint density at radius 2 is 1.82 bits per heavy atom. The molecule has 1 amide bonds. The summed E-state index contributed by atoms with van der Waals surface area (Å²) < 4.78 is 22.6. The van der Waals surface area contributed by atoms with Gasteiger partial charge in [0.2, 0.25) is 5.91 Å². The third kappa shape index (κ3) is 6.20. The Morgan fingerprint density at radius 3 is 2.41 bits per heavy atom. The normalized spacial score (nSPS) is 27.5. The number of carbonyl (C=O) groups is 1. The van der Waals surface area contributed by atoms with Crippen LogP contribution in [0.15, 0.2) is 0 Å². The van der Waals surface area contributed by atoms with Crippen molar-refractivity contribution in [2.45, 2.75) is 19.3 Å². The zero-order chi connectivity index (χ0) is 14.6. The number of nitrogens with zero attached hydrogens (tertiary/aromatic N) is 1. The van der Waals surface area contributed by atoms with Crippen molar-refractivity contribution in [3.63, 3.8) is 0 Å². The number of carbonyl (C=O) groups excluding carboxylic acids is 1. The average molecular weight is 376 g/mol. The highest BCUT2D eigenvalue weighted by Crippen LogP contribution is 2.30. The number of amides is 1. The highest BCUT2D eigenvalue weighted by atomic mass is 35.5. The molecule has 22 heavy (non-hydrogen) atoms. The van der Waals surface area contributed by atoms with E-state index in [1.165, 1.54) is 0 Å². The van der Waals surface area contributed by atoms with Crippen LogP contribution in [-0.4, -0.2) is 63.5 Å². The second kappa shape index (κ2) is 9.93. The zero-order valence-electron chi connectivity index (χ0n) is 12.7. The minimum atomic E-state index is -2.82. The fraction of sp³-hybridized carbons (Fsp3) is 0.923. The number of halogens is 2. The van der Waals surface area contributed by atoms with Crippen molar-refractivity contribution in [1.29, 1.82) is 0 Å². The van der Waals surface area contributed by atoms with Gasteiger partial charge in [-0.3, -0.25) is 9.69 Å². The molecule has 1 heterocycles. The van der Waals surface area contributed by atoms with E-state index in [1.807, 2.05) is 0 Å². The Kier molecular flexibility index (Phi) is 9.89. The van der Waals surface area contributed by atoms with E-state index in [0.29, 0.717) is 32.1 Å². The largest absolute Gasteiger partial charge is 0.355 e. The van der Waals surface area contributed by atoms with Crippen molar-refractivity contribution in [1.82, 2.24) is 10.2 Å². The molecule has 1 aliphatic heterocycles. The summed E-state index contributed by atoms with van der Waals surface area (Å²) in [6, 6.07) is 0. The lowest BCUT2D eigenvalue weighted by molar-refractivity contribution is -0.126. The van der Waals surface area contributed by atoms with Crippen molar-refractivity contribution < 1.29 is 13.2 Å². The Labute approximate surface area is 145 Å². The molecule has 0 aromatic carbocycles.